The van der Waals surface area contributed by atoms with Crippen molar-refractivity contribution in [2.24, 2.45) is 0 Å². The van der Waals surface area contributed by atoms with Gasteiger partial charge in [0.05, 0.1) is 25.1 Å². The van der Waals surface area contributed by atoms with Crippen molar-refractivity contribution in [3.05, 3.63) is 54.1 Å². The van der Waals surface area contributed by atoms with Gasteiger partial charge in [0, 0.05) is 6.08 Å². The number of hydrogen-bond donors (Lipinski definition) is 1. The van der Waals surface area contributed by atoms with Crippen molar-refractivity contribution < 1.29 is 28.6 Å². The molecule has 0 bridgehead atoms. The number of fused-ring (bicyclic) bond motifs is 1. The SMILES string of the molecule is CCOc1ccc(/C=C/C(=O)OCC(=O)N2c3ccccc3NC(=O)C23CCCC3)cc1OC. The summed E-state index contributed by atoms with van der Waals surface area (Å²) in [6.45, 7) is 1.93. The van der Waals surface area contributed by atoms with Gasteiger partial charge in [-0.3, -0.25) is 14.5 Å². The number of benzene rings is 2. The first kappa shape index (κ1) is 23.4. The maximum absolute atomic E-state index is 13.2. The molecule has 2 aliphatic rings. The zero-order valence-corrected chi connectivity index (χ0v) is 19.3. The van der Waals surface area contributed by atoms with Crippen LogP contribution in [0.2, 0.25) is 0 Å². The Kier molecular flexibility index (Phi) is 6.86. The second kappa shape index (κ2) is 9.99. The number of para-hydroxylation sites is 2. The van der Waals surface area contributed by atoms with Gasteiger partial charge in [-0.1, -0.05) is 31.0 Å². The van der Waals surface area contributed by atoms with Crippen LogP contribution in [0.4, 0.5) is 11.4 Å². The number of carbonyl (C=O) groups excluding carboxylic acids is 3. The van der Waals surface area contributed by atoms with Crippen LogP contribution in [0.15, 0.2) is 48.5 Å². The highest BCUT2D eigenvalue weighted by molar-refractivity contribution is 6.15. The third-order valence-corrected chi connectivity index (χ3v) is 6.16. The molecule has 8 nitrogen and oxygen atoms in total. The molecule has 2 amide bonds. The predicted molar refractivity (Wildman–Crippen MR) is 128 cm³/mol. The van der Waals surface area contributed by atoms with Gasteiger partial charge >= 0.3 is 5.97 Å². The smallest absolute Gasteiger partial charge is 0.331 e. The monoisotopic (exact) mass is 464 g/mol. The highest BCUT2D eigenvalue weighted by Crippen LogP contribution is 2.45. The maximum Gasteiger partial charge on any atom is 0.331 e. The van der Waals surface area contributed by atoms with Gasteiger partial charge in [-0.25, -0.2) is 4.79 Å². The van der Waals surface area contributed by atoms with Crippen molar-refractivity contribution in [1.82, 2.24) is 0 Å². The van der Waals surface area contributed by atoms with Gasteiger partial charge in [0.2, 0.25) is 0 Å². The Morgan fingerprint density at radius 3 is 2.62 bits per heavy atom. The van der Waals surface area contributed by atoms with Crippen LogP contribution in [0.5, 0.6) is 11.5 Å². The zero-order valence-electron chi connectivity index (χ0n) is 19.3. The molecule has 4 rings (SSSR count). The van der Waals surface area contributed by atoms with E-state index in [0.717, 1.165) is 18.4 Å². The summed E-state index contributed by atoms with van der Waals surface area (Å²) in [5.41, 5.74) is 0.984. The third kappa shape index (κ3) is 4.48. The van der Waals surface area contributed by atoms with Gasteiger partial charge in [-0.2, -0.15) is 0 Å². The fourth-order valence-corrected chi connectivity index (χ4v) is 4.60. The second-order valence-corrected chi connectivity index (χ2v) is 8.22. The minimum absolute atomic E-state index is 0.187. The number of rotatable bonds is 7. The Labute approximate surface area is 198 Å². The van der Waals surface area contributed by atoms with Crippen molar-refractivity contribution in [2.75, 3.05) is 30.5 Å². The van der Waals surface area contributed by atoms with Gasteiger partial charge in [-0.15, -0.1) is 0 Å². The number of anilines is 2. The van der Waals surface area contributed by atoms with Crippen LogP contribution in [0.25, 0.3) is 6.08 Å². The molecule has 2 aromatic rings. The largest absolute Gasteiger partial charge is 0.493 e. The first-order valence-corrected chi connectivity index (χ1v) is 11.4. The Morgan fingerprint density at radius 1 is 1.12 bits per heavy atom. The molecule has 178 valence electrons. The molecule has 0 aromatic heterocycles. The van der Waals surface area contributed by atoms with E-state index < -0.39 is 24.0 Å². The average Bonchev–Trinajstić information content (AvgIpc) is 3.33. The number of ether oxygens (including phenoxy) is 3. The number of hydrogen-bond acceptors (Lipinski definition) is 6. The molecule has 1 spiro atoms. The van der Waals surface area contributed by atoms with E-state index in [4.69, 9.17) is 14.2 Å². The lowest BCUT2D eigenvalue weighted by Gasteiger charge is -2.44. The van der Waals surface area contributed by atoms with Crippen LogP contribution in [0.3, 0.4) is 0 Å². The van der Waals surface area contributed by atoms with E-state index in [-0.39, 0.29) is 5.91 Å². The molecule has 1 fully saturated rings. The Balaban J connectivity index is 1.45. The summed E-state index contributed by atoms with van der Waals surface area (Å²) in [7, 11) is 1.54. The number of methoxy groups -OCH3 is 1. The summed E-state index contributed by atoms with van der Waals surface area (Å²) in [6, 6.07) is 12.5. The van der Waals surface area contributed by atoms with E-state index in [9.17, 15) is 14.4 Å². The van der Waals surface area contributed by atoms with Crippen molar-refractivity contribution in [2.45, 2.75) is 38.1 Å². The standard InChI is InChI=1S/C26H28N2O6/c1-3-33-21-12-10-18(16-22(21)32-2)11-13-24(30)34-17-23(29)28-20-9-5-4-8-19(20)27-25(31)26(28)14-6-7-15-26/h4-5,8-13,16H,3,6-7,14-15,17H2,1-2H3,(H,27,31)/b13-11+. The summed E-state index contributed by atoms with van der Waals surface area (Å²) in [5.74, 6) is -0.101. The lowest BCUT2D eigenvalue weighted by atomic mass is 9.90. The van der Waals surface area contributed by atoms with Gasteiger partial charge in [0.15, 0.2) is 18.1 Å². The number of nitrogens with zero attached hydrogens (tertiary/aromatic N) is 1. The molecule has 0 unspecified atom stereocenters. The van der Waals surface area contributed by atoms with E-state index in [1.54, 1.807) is 49.6 Å². The van der Waals surface area contributed by atoms with Gasteiger partial charge in [-0.05, 0) is 55.7 Å². The van der Waals surface area contributed by atoms with Crippen molar-refractivity contribution in [3.63, 3.8) is 0 Å². The highest BCUT2D eigenvalue weighted by Gasteiger charge is 2.52. The minimum atomic E-state index is -0.938. The van der Waals surface area contributed by atoms with Crippen molar-refractivity contribution >= 4 is 35.2 Å². The first-order valence-electron chi connectivity index (χ1n) is 11.4. The Hall–Kier alpha value is -3.81. The molecule has 2 aromatic carbocycles. The molecule has 1 saturated carbocycles. The van der Waals surface area contributed by atoms with Crippen LogP contribution >= 0.6 is 0 Å². The molecular formula is C26H28N2O6. The van der Waals surface area contributed by atoms with Gasteiger partial charge in [0.1, 0.15) is 5.54 Å². The zero-order chi connectivity index (χ0) is 24.1. The van der Waals surface area contributed by atoms with E-state index in [1.807, 2.05) is 13.0 Å². The Bertz CT molecular complexity index is 1120. The average molecular weight is 465 g/mol. The summed E-state index contributed by atoms with van der Waals surface area (Å²) < 4.78 is 16.1. The van der Waals surface area contributed by atoms with Crippen LogP contribution in [-0.4, -0.2) is 43.6 Å². The maximum atomic E-state index is 13.2. The van der Waals surface area contributed by atoms with Gasteiger partial charge in [0.25, 0.3) is 11.8 Å². The number of amides is 2. The number of nitrogens with one attached hydrogen (secondary N) is 1. The lowest BCUT2D eigenvalue weighted by Crippen LogP contribution is -2.61. The summed E-state index contributed by atoms with van der Waals surface area (Å²) in [6.07, 6.45) is 5.69. The number of esters is 1. The first-order chi connectivity index (χ1) is 16.5. The third-order valence-electron chi connectivity index (χ3n) is 6.16. The lowest BCUT2D eigenvalue weighted by molar-refractivity contribution is -0.143. The Morgan fingerprint density at radius 2 is 1.88 bits per heavy atom. The van der Waals surface area contributed by atoms with Crippen LogP contribution in [0.1, 0.15) is 38.2 Å². The molecular weight excluding hydrogens is 436 g/mol. The van der Waals surface area contributed by atoms with E-state index in [2.05, 4.69) is 5.32 Å². The topological polar surface area (TPSA) is 94.2 Å². The summed E-state index contributed by atoms with van der Waals surface area (Å²) in [4.78, 5) is 40.1. The summed E-state index contributed by atoms with van der Waals surface area (Å²) >= 11 is 0. The van der Waals surface area contributed by atoms with Crippen LogP contribution < -0.4 is 19.7 Å². The fourth-order valence-electron chi connectivity index (χ4n) is 4.60. The van der Waals surface area contributed by atoms with Gasteiger partial charge < -0.3 is 19.5 Å². The highest BCUT2D eigenvalue weighted by atomic mass is 16.5. The number of carbonyl (C=O) groups is 3. The molecule has 1 aliphatic carbocycles. The molecule has 34 heavy (non-hydrogen) atoms. The molecule has 0 atom stereocenters. The fraction of sp³-hybridized carbons (Fsp3) is 0.346. The minimum Gasteiger partial charge on any atom is -0.493 e. The van der Waals surface area contributed by atoms with Crippen molar-refractivity contribution in [3.8, 4) is 11.5 Å². The molecule has 0 saturated heterocycles. The summed E-state index contributed by atoms with van der Waals surface area (Å²) in [5, 5.41) is 2.93. The molecule has 8 heteroatoms. The van der Waals surface area contributed by atoms with Crippen LogP contribution in [0, 0.1) is 0 Å². The van der Waals surface area contributed by atoms with Crippen molar-refractivity contribution in [1.29, 1.82) is 0 Å². The normalized spacial score (nSPS) is 16.3. The van der Waals surface area contributed by atoms with E-state index >= 15 is 0 Å². The second-order valence-electron chi connectivity index (χ2n) is 8.22. The molecule has 0 radical (unpaired) electrons. The van der Waals surface area contributed by atoms with Crippen LogP contribution in [-0.2, 0) is 19.1 Å². The van der Waals surface area contributed by atoms with E-state index in [1.165, 1.54) is 11.0 Å². The molecule has 1 N–H and O–H groups in total. The molecule has 1 aliphatic heterocycles. The van der Waals surface area contributed by atoms with E-state index in [0.29, 0.717) is 42.3 Å². The quantitative estimate of drug-likeness (QED) is 0.493. The molecule has 1 heterocycles. The predicted octanol–water partition coefficient (Wildman–Crippen LogP) is 3.95.